The molecule has 0 radical (unpaired) electrons. The quantitative estimate of drug-likeness (QED) is 0.644. The van der Waals surface area contributed by atoms with E-state index in [2.05, 4.69) is 0 Å². The van der Waals surface area contributed by atoms with Crippen molar-refractivity contribution in [3.8, 4) is 0 Å². The third kappa shape index (κ3) is 1.85. The summed E-state index contributed by atoms with van der Waals surface area (Å²) in [6, 6.07) is 0. The van der Waals surface area contributed by atoms with Gasteiger partial charge in [0.2, 0.25) is 0 Å². The molecular weight excluding hydrogens is 182 g/mol. The lowest BCUT2D eigenvalue weighted by Gasteiger charge is -2.43. The lowest BCUT2D eigenvalue weighted by molar-refractivity contribution is -0.0175. The zero-order chi connectivity index (χ0) is 10.0. The van der Waals surface area contributed by atoms with Crippen LogP contribution in [0.2, 0.25) is 0 Å². The van der Waals surface area contributed by atoms with Crippen molar-refractivity contribution in [3.63, 3.8) is 0 Å². The molecule has 2 fully saturated rings. The summed E-state index contributed by atoms with van der Waals surface area (Å²) in [4.78, 5) is 12.3. The molecule has 1 amide bonds. The summed E-state index contributed by atoms with van der Waals surface area (Å²) >= 11 is 0. The first-order chi connectivity index (χ1) is 6.72. The van der Waals surface area contributed by atoms with Gasteiger partial charge in [0, 0.05) is 26.3 Å². The van der Waals surface area contributed by atoms with Gasteiger partial charge in [0.15, 0.2) is 0 Å². The molecule has 14 heavy (non-hydrogen) atoms. The van der Waals surface area contributed by atoms with Gasteiger partial charge in [-0.2, -0.15) is 0 Å². The van der Waals surface area contributed by atoms with Crippen LogP contribution in [0.15, 0.2) is 0 Å². The number of nitrogens with zero attached hydrogens (tertiary/aromatic N) is 1. The van der Waals surface area contributed by atoms with Crippen LogP contribution in [-0.2, 0) is 4.74 Å². The van der Waals surface area contributed by atoms with Gasteiger partial charge in [0.05, 0.1) is 0 Å². The molecule has 0 saturated carbocycles. The van der Waals surface area contributed by atoms with E-state index < -0.39 is 6.09 Å². The molecule has 80 valence electrons. The summed E-state index contributed by atoms with van der Waals surface area (Å²) in [6.07, 6.45) is 3.48. The number of carbonyl (C=O) groups is 1. The average molecular weight is 199 g/mol. The molecule has 2 heterocycles. The molecule has 0 unspecified atom stereocenters. The molecule has 0 aromatic carbocycles. The topological polar surface area (TPSA) is 49.8 Å². The first kappa shape index (κ1) is 9.77. The Morgan fingerprint density at radius 1 is 1.14 bits per heavy atom. The smallest absolute Gasteiger partial charge is 0.407 e. The van der Waals surface area contributed by atoms with E-state index in [9.17, 15) is 4.79 Å². The van der Waals surface area contributed by atoms with Gasteiger partial charge in [0.1, 0.15) is 0 Å². The van der Waals surface area contributed by atoms with Crippen LogP contribution in [0.25, 0.3) is 0 Å². The summed E-state index contributed by atoms with van der Waals surface area (Å²) in [5.41, 5.74) is 0.393. The van der Waals surface area contributed by atoms with Gasteiger partial charge in [-0.25, -0.2) is 4.79 Å². The summed E-state index contributed by atoms with van der Waals surface area (Å²) < 4.78 is 5.34. The van der Waals surface area contributed by atoms with Crippen LogP contribution in [0.5, 0.6) is 0 Å². The van der Waals surface area contributed by atoms with E-state index in [4.69, 9.17) is 9.84 Å². The maximum atomic E-state index is 10.7. The van der Waals surface area contributed by atoms with Crippen molar-refractivity contribution in [2.45, 2.75) is 25.7 Å². The molecule has 0 bridgehead atoms. The molecule has 4 nitrogen and oxygen atoms in total. The second-order valence-corrected chi connectivity index (χ2v) is 4.38. The minimum Gasteiger partial charge on any atom is -0.465 e. The molecule has 2 rings (SSSR count). The van der Waals surface area contributed by atoms with E-state index in [1.165, 1.54) is 4.90 Å². The number of likely N-dealkylation sites (tertiary alicyclic amines) is 1. The lowest BCUT2D eigenvalue weighted by Crippen LogP contribution is -2.44. The normalized spacial score (nSPS) is 26.4. The Bertz CT molecular complexity index is 213. The molecule has 0 aromatic rings. The van der Waals surface area contributed by atoms with Crippen LogP contribution < -0.4 is 0 Å². The highest BCUT2D eigenvalue weighted by molar-refractivity contribution is 5.65. The fourth-order valence-corrected chi connectivity index (χ4v) is 2.48. The largest absolute Gasteiger partial charge is 0.465 e. The molecule has 2 saturated heterocycles. The minimum absolute atomic E-state index is 0.393. The molecule has 1 N–H and O–H groups in total. The van der Waals surface area contributed by atoms with Crippen LogP contribution in [0, 0.1) is 5.41 Å². The first-order valence-corrected chi connectivity index (χ1v) is 5.28. The molecule has 0 atom stereocenters. The molecule has 2 aliphatic rings. The van der Waals surface area contributed by atoms with Crippen molar-refractivity contribution < 1.29 is 14.6 Å². The third-order valence-corrected chi connectivity index (χ3v) is 3.65. The fourth-order valence-electron chi connectivity index (χ4n) is 2.48. The number of rotatable bonds is 0. The molecule has 4 heteroatoms. The molecular formula is C10H17NO3. The number of hydrogen-bond acceptors (Lipinski definition) is 2. The van der Waals surface area contributed by atoms with Gasteiger partial charge in [-0.1, -0.05) is 0 Å². The molecule has 2 aliphatic heterocycles. The highest BCUT2D eigenvalue weighted by atomic mass is 16.5. The standard InChI is InChI=1S/C10H17NO3/c12-9(13)11-5-1-10(2-6-11)3-7-14-8-4-10/h1-8H2,(H,12,13). The number of ether oxygens (including phenoxy) is 1. The first-order valence-electron chi connectivity index (χ1n) is 5.28. The molecule has 0 aliphatic carbocycles. The van der Waals surface area contributed by atoms with E-state index in [0.29, 0.717) is 18.5 Å². The summed E-state index contributed by atoms with van der Waals surface area (Å²) in [6.45, 7) is 3.12. The van der Waals surface area contributed by atoms with Crippen molar-refractivity contribution in [2.75, 3.05) is 26.3 Å². The summed E-state index contributed by atoms with van der Waals surface area (Å²) in [7, 11) is 0. The zero-order valence-corrected chi connectivity index (χ0v) is 8.37. The second-order valence-electron chi connectivity index (χ2n) is 4.38. The Balaban J connectivity index is 1.90. The lowest BCUT2D eigenvalue weighted by atomic mass is 9.73. The Hall–Kier alpha value is -0.770. The zero-order valence-electron chi connectivity index (χ0n) is 8.37. The molecule has 1 spiro atoms. The summed E-state index contributed by atoms with van der Waals surface area (Å²) in [5.74, 6) is 0. The van der Waals surface area contributed by atoms with Gasteiger partial charge < -0.3 is 14.7 Å². The van der Waals surface area contributed by atoms with E-state index in [0.717, 1.165) is 38.9 Å². The van der Waals surface area contributed by atoms with E-state index in [1.807, 2.05) is 0 Å². The minimum atomic E-state index is -0.771. The number of carboxylic acid groups (broad SMARTS) is 1. The number of piperidine rings is 1. The van der Waals surface area contributed by atoms with Gasteiger partial charge >= 0.3 is 6.09 Å². The highest BCUT2D eigenvalue weighted by Crippen LogP contribution is 2.40. The fraction of sp³-hybridized carbons (Fsp3) is 0.900. The maximum Gasteiger partial charge on any atom is 0.407 e. The monoisotopic (exact) mass is 199 g/mol. The predicted molar refractivity (Wildman–Crippen MR) is 51.3 cm³/mol. The highest BCUT2D eigenvalue weighted by Gasteiger charge is 2.36. The van der Waals surface area contributed by atoms with Gasteiger partial charge in [-0.05, 0) is 31.1 Å². The second kappa shape index (κ2) is 3.77. The number of amides is 1. The van der Waals surface area contributed by atoms with Crippen LogP contribution in [-0.4, -0.2) is 42.4 Å². The van der Waals surface area contributed by atoms with Crippen LogP contribution >= 0.6 is 0 Å². The van der Waals surface area contributed by atoms with E-state index in [1.54, 1.807) is 0 Å². The van der Waals surface area contributed by atoms with Crippen molar-refractivity contribution in [1.29, 1.82) is 0 Å². The SMILES string of the molecule is O=C(O)N1CCC2(CCOCC2)CC1. The van der Waals surface area contributed by atoms with Crippen molar-refractivity contribution in [3.05, 3.63) is 0 Å². The Morgan fingerprint density at radius 3 is 2.21 bits per heavy atom. The van der Waals surface area contributed by atoms with Gasteiger partial charge in [-0.3, -0.25) is 0 Å². The van der Waals surface area contributed by atoms with E-state index >= 15 is 0 Å². The Morgan fingerprint density at radius 2 is 1.71 bits per heavy atom. The molecule has 0 aromatic heterocycles. The van der Waals surface area contributed by atoms with Gasteiger partial charge in [0.25, 0.3) is 0 Å². The van der Waals surface area contributed by atoms with Gasteiger partial charge in [-0.15, -0.1) is 0 Å². The van der Waals surface area contributed by atoms with E-state index in [-0.39, 0.29) is 0 Å². The number of hydrogen-bond donors (Lipinski definition) is 1. The average Bonchev–Trinajstić information content (AvgIpc) is 2.19. The Labute approximate surface area is 83.8 Å². The Kier molecular flexibility index (Phi) is 2.63. The third-order valence-electron chi connectivity index (χ3n) is 3.65. The summed E-state index contributed by atoms with van der Waals surface area (Å²) in [5, 5.41) is 8.83. The van der Waals surface area contributed by atoms with Crippen LogP contribution in [0.3, 0.4) is 0 Å². The van der Waals surface area contributed by atoms with Crippen LogP contribution in [0.4, 0.5) is 4.79 Å². The van der Waals surface area contributed by atoms with Crippen molar-refractivity contribution in [2.24, 2.45) is 5.41 Å². The van der Waals surface area contributed by atoms with Crippen molar-refractivity contribution >= 4 is 6.09 Å². The van der Waals surface area contributed by atoms with Crippen molar-refractivity contribution in [1.82, 2.24) is 4.90 Å². The van der Waals surface area contributed by atoms with Crippen LogP contribution in [0.1, 0.15) is 25.7 Å². The maximum absolute atomic E-state index is 10.7. The predicted octanol–water partition coefficient (Wildman–Crippen LogP) is 1.56.